The summed E-state index contributed by atoms with van der Waals surface area (Å²) >= 11 is 0. The van der Waals surface area contributed by atoms with E-state index >= 15 is 0 Å². The Morgan fingerprint density at radius 3 is 3.18 bits per heavy atom. The highest BCUT2D eigenvalue weighted by atomic mass is 16.3. The Hall–Kier alpha value is -0.760. The molecule has 1 unspecified atom stereocenters. The molecule has 2 N–H and O–H groups in total. The molecule has 1 aromatic heterocycles. The molecule has 60 valence electrons. The van der Waals surface area contributed by atoms with Crippen molar-refractivity contribution in [1.29, 1.82) is 0 Å². The molecule has 2 heteroatoms. The number of aryl methyl sites for hydroxylation is 2. The van der Waals surface area contributed by atoms with Crippen molar-refractivity contribution in [3.8, 4) is 0 Å². The van der Waals surface area contributed by atoms with Gasteiger partial charge in [0.2, 0.25) is 0 Å². The minimum atomic E-state index is 0.219. The van der Waals surface area contributed by atoms with E-state index in [2.05, 4.69) is 6.07 Å². The topological polar surface area (TPSA) is 39.2 Å². The SMILES string of the molecule is Cc1cc2c(o1)CCCC2N. The average Bonchev–Trinajstić information content (AvgIpc) is 2.31. The largest absolute Gasteiger partial charge is 0.466 e. The Morgan fingerprint density at radius 2 is 2.45 bits per heavy atom. The maximum Gasteiger partial charge on any atom is 0.108 e. The number of hydrogen-bond donors (Lipinski definition) is 1. The average molecular weight is 151 g/mol. The van der Waals surface area contributed by atoms with E-state index in [-0.39, 0.29) is 6.04 Å². The van der Waals surface area contributed by atoms with E-state index in [0.29, 0.717) is 0 Å². The van der Waals surface area contributed by atoms with Crippen molar-refractivity contribution in [2.75, 3.05) is 0 Å². The molecule has 11 heavy (non-hydrogen) atoms. The quantitative estimate of drug-likeness (QED) is 0.615. The van der Waals surface area contributed by atoms with Crippen LogP contribution in [-0.2, 0) is 6.42 Å². The minimum absolute atomic E-state index is 0.219. The highest BCUT2D eigenvalue weighted by Crippen LogP contribution is 2.29. The molecule has 1 aliphatic rings. The summed E-state index contributed by atoms with van der Waals surface area (Å²) in [7, 11) is 0. The molecule has 0 fully saturated rings. The van der Waals surface area contributed by atoms with Gasteiger partial charge >= 0.3 is 0 Å². The van der Waals surface area contributed by atoms with Gasteiger partial charge in [0, 0.05) is 18.0 Å². The van der Waals surface area contributed by atoms with Crippen LogP contribution in [0.1, 0.15) is 36.0 Å². The Labute approximate surface area is 66.4 Å². The second-order valence-corrected chi connectivity index (χ2v) is 3.23. The summed E-state index contributed by atoms with van der Waals surface area (Å²) in [6.45, 7) is 1.98. The molecule has 2 nitrogen and oxygen atoms in total. The van der Waals surface area contributed by atoms with Crippen molar-refractivity contribution in [3.05, 3.63) is 23.2 Å². The first kappa shape index (κ1) is 6.92. The van der Waals surface area contributed by atoms with Crippen molar-refractivity contribution in [1.82, 2.24) is 0 Å². The van der Waals surface area contributed by atoms with Crippen LogP contribution in [0.3, 0.4) is 0 Å². The Kier molecular flexibility index (Phi) is 1.50. The van der Waals surface area contributed by atoms with Gasteiger partial charge in [0.15, 0.2) is 0 Å². The van der Waals surface area contributed by atoms with Crippen molar-refractivity contribution in [2.45, 2.75) is 32.2 Å². The molecule has 0 aliphatic heterocycles. The number of hydrogen-bond acceptors (Lipinski definition) is 2. The van der Waals surface area contributed by atoms with E-state index in [4.69, 9.17) is 10.2 Å². The lowest BCUT2D eigenvalue weighted by atomic mass is 9.94. The molecule has 2 rings (SSSR count). The molecule has 0 spiro atoms. The van der Waals surface area contributed by atoms with E-state index in [9.17, 15) is 0 Å². The number of furan rings is 1. The summed E-state index contributed by atoms with van der Waals surface area (Å²) < 4.78 is 5.50. The highest BCUT2D eigenvalue weighted by Gasteiger charge is 2.19. The normalized spacial score (nSPS) is 23.3. The molecule has 0 bridgehead atoms. The lowest BCUT2D eigenvalue weighted by molar-refractivity contribution is 0.439. The van der Waals surface area contributed by atoms with Crippen LogP contribution in [0.2, 0.25) is 0 Å². The summed E-state index contributed by atoms with van der Waals surface area (Å²) in [6, 6.07) is 2.29. The van der Waals surface area contributed by atoms with E-state index in [0.717, 1.165) is 24.4 Å². The minimum Gasteiger partial charge on any atom is -0.466 e. The molecule has 1 atom stereocenters. The van der Waals surface area contributed by atoms with Crippen molar-refractivity contribution >= 4 is 0 Å². The third-order valence-electron chi connectivity index (χ3n) is 2.28. The second kappa shape index (κ2) is 2.38. The maximum absolute atomic E-state index is 5.90. The van der Waals surface area contributed by atoms with Gasteiger partial charge in [-0.2, -0.15) is 0 Å². The van der Waals surface area contributed by atoms with Crippen LogP contribution in [0.25, 0.3) is 0 Å². The summed E-state index contributed by atoms with van der Waals surface area (Å²) in [6.07, 6.45) is 3.34. The van der Waals surface area contributed by atoms with Gasteiger partial charge in [-0.25, -0.2) is 0 Å². The fourth-order valence-electron chi connectivity index (χ4n) is 1.73. The first-order valence-corrected chi connectivity index (χ1v) is 4.12. The van der Waals surface area contributed by atoms with Crippen LogP contribution in [0.4, 0.5) is 0 Å². The Balaban J connectivity index is 2.43. The van der Waals surface area contributed by atoms with Crippen LogP contribution in [0.5, 0.6) is 0 Å². The van der Waals surface area contributed by atoms with Crippen LogP contribution in [0, 0.1) is 6.92 Å². The standard InChI is InChI=1S/C9H13NO/c1-6-5-7-8(10)3-2-4-9(7)11-6/h5,8H,2-4,10H2,1H3. The van der Waals surface area contributed by atoms with Crippen molar-refractivity contribution < 1.29 is 4.42 Å². The number of nitrogens with two attached hydrogens (primary N) is 1. The maximum atomic E-state index is 5.90. The van der Waals surface area contributed by atoms with E-state index in [1.807, 2.05) is 6.92 Å². The molecule has 0 saturated heterocycles. The van der Waals surface area contributed by atoms with Gasteiger partial charge in [-0.1, -0.05) is 0 Å². The lowest BCUT2D eigenvalue weighted by Gasteiger charge is -2.16. The molecule has 0 aromatic carbocycles. The first-order chi connectivity index (χ1) is 5.27. The molecular formula is C9H13NO. The Bertz CT molecular complexity index is 265. The van der Waals surface area contributed by atoms with E-state index in [1.165, 1.54) is 12.0 Å². The summed E-state index contributed by atoms with van der Waals surface area (Å²) in [5.74, 6) is 2.11. The van der Waals surface area contributed by atoms with Crippen LogP contribution in [-0.4, -0.2) is 0 Å². The highest BCUT2D eigenvalue weighted by molar-refractivity contribution is 5.26. The smallest absolute Gasteiger partial charge is 0.108 e. The monoisotopic (exact) mass is 151 g/mol. The van der Waals surface area contributed by atoms with Gasteiger partial charge in [0.1, 0.15) is 11.5 Å². The zero-order chi connectivity index (χ0) is 7.84. The lowest BCUT2D eigenvalue weighted by Crippen LogP contribution is -2.15. The van der Waals surface area contributed by atoms with E-state index < -0.39 is 0 Å². The zero-order valence-corrected chi connectivity index (χ0v) is 6.76. The zero-order valence-electron chi connectivity index (χ0n) is 6.76. The summed E-state index contributed by atoms with van der Waals surface area (Å²) in [4.78, 5) is 0. The molecule has 1 aromatic rings. The first-order valence-electron chi connectivity index (χ1n) is 4.12. The summed E-state index contributed by atoms with van der Waals surface area (Å²) in [5.41, 5.74) is 7.13. The summed E-state index contributed by atoms with van der Waals surface area (Å²) in [5, 5.41) is 0. The molecule has 1 aliphatic carbocycles. The predicted molar refractivity (Wildman–Crippen MR) is 43.3 cm³/mol. The van der Waals surface area contributed by atoms with E-state index in [1.54, 1.807) is 0 Å². The molecule has 1 heterocycles. The molecule has 0 saturated carbocycles. The van der Waals surface area contributed by atoms with Crippen LogP contribution >= 0.6 is 0 Å². The fourth-order valence-corrected chi connectivity index (χ4v) is 1.73. The van der Waals surface area contributed by atoms with Crippen molar-refractivity contribution in [3.63, 3.8) is 0 Å². The van der Waals surface area contributed by atoms with Gasteiger partial charge in [-0.15, -0.1) is 0 Å². The second-order valence-electron chi connectivity index (χ2n) is 3.23. The van der Waals surface area contributed by atoms with Crippen molar-refractivity contribution in [2.24, 2.45) is 5.73 Å². The van der Waals surface area contributed by atoms with Gasteiger partial charge in [-0.05, 0) is 25.8 Å². The Morgan fingerprint density at radius 1 is 1.64 bits per heavy atom. The molecular weight excluding hydrogens is 138 g/mol. The predicted octanol–water partition coefficient (Wildman–Crippen LogP) is 1.92. The van der Waals surface area contributed by atoms with Crippen LogP contribution < -0.4 is 5.73 Å². The fraction of sp³-hybridized carbons (Fsp3) is 0.556. The number of fused-ring (bicyclic) bond motifs is 1. The number of rotatable bonds is 0. The van der Waals surface area contributed by atoms with Gasteiger partial charge < -0.3 is 10.2 Å². The van der Waals surface area contributed by atoms with Gasteiger partial charge in [-0.3, -0.25) is 0 Å². The van der Waals surface area contributed by atoms with Gasteiger partial charge in [0.05, 0.1) is 0 Å². The van der Waals surface area contributed by atoms with Gasteiger partial charge in [0.25, 0.3) is 0 Å². The van der Waals surface area contributed by atoms with Crippen LogP contribution in [0.15, 0.2) is 10.5 Å². The molecule has 0 radical (unpaired) electrons. The molecule has 0 amide bonds. The third-order valence-corrected chi connectivity index (χ3v) is 2.28. The third kappa shape index (κ3) is 1.07.